The molecule has 0 saturated heterocycles. The highest BCUT2D eigenvalue weighted by Crippen LogP contribution is 2.31. The lowest BCUT2D eigenvalue weighted by molar-refractivity contribution is -0.118. The quantitative estimate of drug-likeness (QED) is 0.758. The predicted molar refractivity (Wildman–Crippen MR) is 85.6 cm³/mol. The number of thiophene rings is 1. The van der Waals surface area contributed by atoms with Crippen LogP contribution in [0.1, 0.15) is 5.56 Å². The molecule has 0 aromatic carbocycles. The molecule has 0 radical (unpaired) electrons. The number of carbonyl (C=O) groups is 1. The molecule has 0 fully saturated rings. The van der Waals surface area contributed by atoms with Gasteiger partial charge in [0.1, 0.15) is 17.6 Å². The van der Waals surface area contributed by atoms with E-state index in [0.717, 1.165) is 4.88 Å². The number of aromatic nitrogens is 4. The molecule has 23 heavy (non-hydrogen) atoms. The summed E-state index contributed by atoms with van der Waals surface area (Å²) >= 11 is 2.67. The van der Waals surface area contributed by atoms with Gasteiger partial charge >= 0.3 is 0 Å². The van der Waals surface area contributed by atoms with Gasteiger partial charge in [-0.15, -0.1) is 21.5 Å². The molecular formula is C14H10N6OS2. The van der Waals surface area contributed by atoms with Crippen LogP contribution >= 0.6 is 23.1 Å². The molecular weight excluding hydrogens is 332 g/mol. The van der Waals surface area contributed by atoms with Crippen LogP contribution in [0, 0.1) is 11.3 Å². The summed E-state index contributed by atoms with van der Waals surface area (Å²) in [7, 11) is 0. The molecule has 7 nitrogen and oxygen atoms in total. The highest BCUT2D eigenvalue weighted by molar-refractivity contribution is 7.99. The van der Waals surface area contributed by atoms with Crippen molar-refractivity contribution in [2.45, 2.75) is 16.7 Å². The number of pyridine rings is 1. The van der Waals surface area contributed by atoms with Crippen molar-refractivity contribution >= 4 is 29.0 Å². The smallest absolute Gasteiger partial charge is 0.237 e. The van der Waals surface area contributed by atoms with Crippen LogP contribution in [0.15, 0.2) is 46.0 Å². The van der Waals surface area contributed by atoms with Crippen molar-refractivity contribution in [1.82, 2.24) is 19.7 Å². The topological polar surface area (TPSA) is 110 Å². The molecule has 0 aliphatic rings. The van der Waals surface area contributed by atoms with E-state index in [4.69, 9.17) is 11.0 Å². The zero-order valence-electron chi connectivity index (χ0n) is 11.7. The van der Waals surface area contributed by atoms with Crippen LogP contribution in [0.5, 0.6) is 0 Å². The SMILES string of the molecule is N#Cc1cccnc1Sc1nnc(-c2cccs2)n1CC(N)=O. The van der Waals surface area contributed by atoms with Crippen molar-refractivity contribution in [3.63, 3.8) is 0 Å². The summed E-state index contributed by atoms with van der Waals surface area (Å²) in [5.74, 6) is 0.0710. The van der Waals surface area contributed by atoms with Crippen LogP contribution in [0.4, 0.5) is 0 Å². The third-order valence-corrected chi connectivity index (χ3v) is 4.72. The lowest BCUT2D eigenvalue weighted by atomic mass is 10.3. The molecule has 0 bridgehead atoms. The predicted octanol–water partition coefficient (Wildman–Crippen LogP) is 1.91. The number of nitrogens with two attached hydrogens (primary N) is 1. The Hall–Kier alpha value is -2.70. The molecule has 3 aromatic rings. The Morgan fingerprint density at radius 3 is 2.96 bits per heavy atom. The van der Waals surface area contributed by atoms with E-state index in [-0.39, 0.29) is 6.54 Å². The van der Waals surface area contributed by atoms with E-state index < -0.39 is 5.91 Å². The number of amides is 1. The van der Waals surface area contributed by atoms with Gasteiger partial charge in [-0.2, -0.15) is 5.26 Å². The summed E-state index contributed by atoms with van der Waals surface area (Å²) in [4.78, 5) is 16.5. The average molecular weight is 342 g/mol. The number of nitriles is 1. The highest BCUT2D eigenvalue weighted by atomic mass is 32.2. The number of hydrogen-bond donors (Lipinski definition) is 1. The van der Waals surface area contributed by atoms with Gasteiger partial charge in [-0.1, -0.05) is 6.07 Å². The van der Waals surface area contributed by atoms with Gasteiger partial charge in [0, 0.05) is 6.20 Å². The molecule has 9 heteroatoms. The standard InChI is InChI=1S/C14H10N6OS2/c15-7-9-3-1-5-17-13(9)23-14-19-18-12(10-4-2-6-22-10)20(14)8-11(16)21/h1-6H,8H2,(H2,16,21). The van der Waals surface area contributed by atoms with E-state index in [2.05, 4.69) is 21.3 Å². The second-order valence-corrected chi connectivity index (χ2v) is 6.31. The van der Waals surface area contributed by atoms with Gasteiger partial charge < -0.3 is 5.73 Å². The largest absolute Gasteiger partial charge is 0.368 e. The Balaban J connectivity index is 2.02. The fourth-order valence-corrected chi connectivity index (χ4v) is 3.46. The zero-order valence-corrected chi connectivity index (χ0v) is 13.3. The van der Waals surface area contributed by atoms with E-state index >= 15 is 0 Å². The van der Waals surface area contributed by atoms with E-state index in [0.29, 0.717) is 21.6 Å². The summed E-state index contributed by atoms with van der Waals surface area (Å²) in [6.45, 7) is -0.0444. The van der Waals surface area contributed by atoms with Crippen molar-refractivity contribution in [2.75, 3.05) is 0 Å². The van der Waals surface area contributed by atoms with E-state index in [1.165, 1.54) is 23.1 Å². The van der Waals surface area contributed by atoms with Crippen molar-refractivity contribution in [1.29, 1.82) is 5.26 Å². The first-order chi connectivity index (χ1) is 11.2. The summed E-state index contributed by atoms with van der Waals surface area (Å²) < 4.78 is 1.63. The Labute approximate surface area is 139 Å². The van der Waals surface area contributed by atoms with Crippen molar-refractivity contribution < 1.29 is 4.79 Å². The van der Waals surface area contributed by atoms with Crippen molar-refractivity contribution in [2.24, 2.45) is 5.73 Å². The zero-order chi connectivity index (χ0) is 16.2. The summed E-state index contributed by atoms with van der Waals surface area (Å²) in [6, 6.07) is 9.22. The van der Waals surface area contributed by atoms with Crippen LogP contribution in [-0.4, -0.2) is 25.7 Å². The molecule has 0 aliphatic heterocycles. The van der Waals surface area contributed by atoms with Crippen LogP contribution in [0.2, 0.25) is 0 Å². The molecule has 0 unspecified atom stereocenters. The minimum atomic E-state index is -0.494. The maximum atomic E-state index is 11.4. The maximum absolute atomic E-state index is 11.4. The Bertz CT molecular complexity index is 881. The summed E-state index contributed by atoms with van der Waals surface area (Å²) in [5, 5.41) is 20.3. The molecule has 0 aliphatic carbocycles. The molecule has 0 atom stereocenters. The number of carbonyl (C=O) groups excluding carboxylic acids is 1. The van der Waals surface area contributed by atoms with Crippen LogP contribution < -0.4 is 5.73 Å². The second-order valence-electron chi connectivity index (χ2n) is 4.41. The fraction of sp³-hybridized carbons (Fsp3) is 0.0714. The number of hydrogen-bond acceptors (Lipinski definition) is 7. The lowest BCUT2D eigenvalue weighted by Crippen LogP contribution is -2.19. The summed E-state index contributed by atoms with van der Waals surface area (Å²) in [5.41, 5.74) is 5.77. The van der Waals surface area contributed by atoms with E-state index in [1.54, 1.807) is 22.9 Å². The van der Waals surface area contributed by atoms with E-state index in [9.17, 15) is 4.79 Å². The minimum Gasteiger partial charge on any atom is -0.368 e. The maximum Gasteiger partial charge on any atom is 0.237 e. The third kappa shape index (κ3) is 3.23. The Kier molecular flexibility index (Phi) is 4.36. The number of rotatable bonds is 5. The van der Waals surface area contributed by atoms with Crippen LogP contribution in [-0.2, 0) is 11.3 Å². The normalized spacial score (nSPS) is 10.4. The molecule has 3 rings (SSSR count). The monoisotopic (exact) mass is 342 g/mol. The summed E-state index contributed by atoms with van der Waals surface area (Å²) in [6.07, 6.45) is 1.60. The molecule has 2 N–H and O–H groups in total. The number of primary amides is 1. The van der Waals surface area contributed by atoms with Crippen molar-refractivity contribution in [3.8, 4) is 16.8 Å². The van der Waals surface area contributed by atoms with Gasteiger partial charge in [-0.3, -0.25) is 9.36 Å². The highest BCUT2D eigenvalue weighted by Gasteiger charge is 2.18. The van der Waals surface area contributed by atoms with Gasteiger partial charge in [-0.05, 0) is 35.3 Å². The van der Waals surface area contributed by atoms with Gasteiger partial charge in [0.2, 0.25) is 5.91 Å². The molecule has 1 amide bonds. The van der Waals surface area contributed by atoms with Crippen molar-refractivity contribution in [3.05, 3.63) is 41.4 Å². The van der Waals surface area contributed by atoms with Gasteiger partial charge in [0.25, 0.3) is 0 Å². The first-order valence-electron chi connectivity index (χ1n) is 6.47. The Morgan fingerprint density at radius 2 is 2.26 bits per heavy atom. The first kappa shape index (κ1) is 15.2. The van der Waals surface area contributed by atoms with Gasteiger partial charge in [0.15, 0.2) is 11.0 Å². The number of nitrogens with zero attached hydrogens (tertiary/aromatic N) is 5. The van der Waals surface area contributed by atoms with Gasteiger partial charge in [0.05, 0.1) is 10.4 Å². The lowest BCUT2D eigenvalue weighted by Gasteiger charge is -2.07. The molecule has 3 aromatic heterocycles. The third-order valence-electron chi connectivity index (χ3n) is 2.85. The Morgan fingerprint density at radius 1 is 1.39 bits per heavy atom. The second kappa shape index (κ2) is 6.60. The van der Waals surface area contributed by atoms with Crippen LogP contribution in [0.25, 0.3) is 10.7 Å². The molecule has 114 valence electrons. The molecule has 3 heterocycles. The van der Waals surface area contributed by atoms with Gasteiger partial charge in [-0.25, -0.2) is 4.98 Å². The first-order valence-corrected chi connectivity index (χ1v) is 8.17. The average Bonchev–Trinajstić information content (AvgIpc) is 3.18. The molecule has 0 spiro atoms. The minimum absolute atomic E-state index is 0.0444. The van der Waals surface area contributed by atoms with Crippen LogP contribution in [0.3, 0.4) is 0 Å². The fourth-order valence-electron chi connectivity index (χ4n) is 1.89. The molecule has 0 saturated carbocycles. The van der Waals surface area contributed by atoms with E-state index in [1.807, 2.05) is 17.5 Å².